The van der Waals surface area contributed by atoms with Gasteiger partial charge in [0.1, 0.15) is 13.2 Å². The van der Waals surface area contributed by atoms with Crippen LogP contribution in [-0.4, -0.2) is 40.4 Å². The fourth-order valence-electron chi connectivity index (χ4n) is 3.04. The van der Waals surface area contributed by atoms with Crippen LogP contribution in [0.3, 0.4) is 0 Å². The van der Waals surface area contributed by atoms with E-state index in [1.165, 1.54) is 6.07 Å². The fraction of sp³-hybridized carbons (Fsp3) is 0.400. The Morgan fingerprint density at radius 2 is 2.11 bits per heavy atom. The topological polar surface area (TPSA) is 81.2 Å². The molecule has 3 rings (SSSR count). The number of amides is 1. The van der Waals surface area contributed by atoms with Crippen molar-refractivity contribution in [1.29, 1.82) is 0 Å². The zero-order valence-corrected chi connectivity index (χ0v) is 16.3. The van der Waals surface area contributed by atoms with Gasteiger partial charge in [-0.05, 0) is 25.0 Å². The molecule has 0 aliphatic rings. The highest BCUT2D eigenvalue weighted by molar-refractivity contribution is 5.86. The summed E-state index contributed by atoms with van der Waals surface area (Å²) < 4.78 is 27.0. The van der Waals surface area contributed by atoms with Crippen molar-refractivity contribution in [3.05, 3.63) is 41.5 Å². The number of hydrogen-bond acceptors (Lipinski definition) is 4. The number of H-pyrrole nitrogens is 1. The van der Waals surface area contributed by atoms with Gasteiger partial charge in [0.05, 0.1) is 0 Å². The number of hydrogen-bond donors (Lipinski definition) is 2. The van der Waals surface area contributed by atoms with Crippen LogP contribution in [0, 0.1) is 12.7 Å². The number of nitrogens with zero attached hydrogens (tertiary/aromatic N) is 2. The molecule has 28 heavy (non-hydrogen) atoms. The summed E-state index contributed by atoms with van der Waals surface area (Å²) in [5.41, 5.74) is 2.71. The molecule has 0 radical (unpaired) electrons. The van der Waals surface area contributed by atoms with Gasteiger partial charge in [-0.2, -0.15) is 0 Å². The molecule has 2 heterocycles. The van der Waals surface area contributed by atoms with Gasteiger partial charge in [-0.25, -0.2) is 4.39 Å². The molecule has 0 aliphatic heterocycles. The highest BCUT2D eigenvalue weighted by Gasteiger charge is 2.14. The van der Waals surface area contributed by atoms with Crippen LogP contribution in [0.5, 0.6) is 11.6 Å². The molecule has 2 aromatic heterocycles. The van der Waals surface area contributed by atoms with Crippen molar-refractivity contribution in [3.63, 3.8) is 0 Å². The van der Waals surface area contributed by atoms with Gasteiger partial charge in [-0.1, -0.05) is 6.92 Å². The second kappa shape index (κ2) is 8.77. The van der Waals surface area contributed by atoms with Crippen molar-refractivity contribution in [2.45, 2.75) is 26.7 Å². The Balaban J connectivity index is 1.65. The zero-order valence-electron chi connectivity index (χ0n) is 16.3. The van der Waals surface area contributed by atoms with Crippen molar-refractivity contribution in [2.24, 2.45) is 7.05 Å². The second-order valence-electron chi connectivity index (χ2n) is 6.53. The lowest BCUT2D eigenvalue weighted by molar-refractivity contribution is -0.120. The minimum Gasteiger partial charge on any atom is -0.487 e. The Labute approximate surface area is 162 Å². The maximum absolute atomic E-state index is 14.4. The normalized spacial score (nSPS) is 11.0. The van der Waals surface area contributed by atoms with Gasteiger partial charge in [0.2, 0.25) is 11.8 Å². The molecule has 2 N–H and O–H groups in total. The van der Waals surface area contributed by atoms with Crippen LogP contribution in [0.4, 0.5) is 4.39 Å². The summed E-state index contributed by atoms with van der Waals surface area (Å²) in [4.78, 5) is 14.6. The molecule has 1 aromatic carbocycles. The molecule has 0 spiro atoms. The monoisotopic (exact) mass is 388 g/mol. The number of fused-ring (bicyclic) bond motifs is 1. The minimum absolute atomic E-state index is 0.0143. The standard InChI is InChI=1S/C20H25FN4O3/c1-4-19(26)22-7-5-14-13(2)23-17-12-16(21)18(11-15(14)17)27-9-10-28-20-6-8-25(3)24-20/h6,8,11-12,23H,4-5,7,9-10H2,1-3H3,(H,22,26). The average molecular weight is 388 g/mol. The van der Waals surface area contributed by atoms with E-state index < -0.39 is 5.82 Å². The van der Waals surface area contributed by atoms with E-state index in [2.05, 4.69) is 15.4 Å². The van der Waals surface area contributed by atoms with E-state index >= 15 is 0 Å². The first-order valence-electron chi connectivity index (χ1n) is 9.30. The molecule has 8 heteroatoms. The third kappa shape index (κ3) is 4.62. The first-order valence-corrected chi connectivity index (χ1v) is 9.30. The average Bonchev–Trinajstić information content (AvgIpc) is 3.21. The SMILES string of the molecule is CCC(=O)NCCc1c(C)[nH]c2cc(F)c(OCCOc3ccn(C)n3)cc12. The lowest BCUT2D eigenvalue weighted by Gasteiger charge is -2.09. The number of nitrogens with one attached hydrogen (secondary N) is 2. The van der Waals surface area contributed by atoms with E-state index in [4.69, 9.17) is 9.47 Å². The smallest absolute Gasteiger partial charge is 0.232 e. The molecule has 7 nitrogen and oxygen atoms in total. The highest BCUT2D eigenvalue weighted by Crippen LogP contribution is 2.29. The summed E-state index contributed by atoms with van der Waals surface area (Å²) in [6, 6.07) is 4.89. The van der Waals surface area contributed by atoms with Gasteiger partial charge in [0.15, 0.2) is 11.6 Å². The predicted octanol–water partition coefficient (Wildman–Crippen LogP) is 2.88. The number of carbonyl (C=O) groups is 1. The van der Waals surface area contributed by atoms with Gasteiger partial charge in [-0.15, -0.1) is 5.10 Å². The van der Waals surface area contributed by atoms with Crippen LogP contribution >= 0.6 is 0 Å². The molecule has 0 atom stereocenters. The van der Waals surface area contributed by atoms with E-state index in [0.717, 1.165) is 16.6 Å². The van der Waals surface area contributed by atoms with Gasteiger partial charge < -0.3 is 19.8 Å². The number of halogens is 1. The van der Waals surface area contributed by atoms with E-state index in [-0.39, 0.29) is 24.9 Å². The summed E-state index contributed by atoms with van der Waals surface area (Å²) >= 11 is 0. The number of aromatic amines is 1. The number of ether oxygens (including phenoxy) is 2. The van der Waals surface area contributed by atoms with E-state index in [1.54, 1.807) is 30.1 Å². The molecule has 0 aliphatic carbocycles. The molecule has 0 unspecified atom stereocenters. The molecule has 0 bridgehead atoms. The van der Waals surface area contributed by atoms with E-state index in [9.17, 15) is 9.18 Å². The predicted molar refractivity (Wildman–Crippen MR) is 104 cm³/mol. The number of rotatable bonds is 9. The largest absolute Gasteiger partial charge is 0.487 e. The molecule has 150 valence electrons. The van der Waals surface area contributed by atoms with Crippen molar-refractivity contribution in [3.8, 4) is 11.6 Å². The van der Waals surface area contributed by atoms with Gasteiger partial charge >= 0.3 is 0 Å². The van der Waals surface area contributed by atoms with Crippen LogP contribution in [0.25, 0.3) is 10.9 Å². The number of aromatic nitrogens is 3. The van der Waals surface area contributed by atoms with Gasteiger partial charge in [0.25, 0.3) is 0 Å². The summed E-state index contributed by atoms with van der Waals surface area (Å²) in [7, 11) is 1.80. The van der Waals surface area contributed by atoms with Crippen LogP contribution in [-0.2, 0) is 18.3 Å². The molecule has 3 aromatic rings. The molecule has 0 saturated carbocycles. The van der Waals surface area contributed by atoms with Crippen molar-refractivity contribution in [1.82, 2.24) is 20.1 Å². The van der Waals surface area contributed by atoms with Gasteiger partial charge in [0, 0.05) is 54.9 Å². The molecule has 0 fully saturated rings. The lowest BCUT2D eigenvalue weighted by Crippen LogP contribution is -2.24. The molecule has 0 saturated heterocycles. The summed E-state index contributed by atoms with van der Waals surface area (Å²) in [5, 5.41) is 7.87. The summed E-state index contributed by atoms with van der Waals surface area (Å²) in [6.07, 6.45) is 2.89. The van der Waals surface area contributed by atoms with Crippen molar-refractivity contribution in [2.75, 3.05) is 19.8 Å². The number of aryl methyl sites for hydroxylation is 2. The van der Waals surface area contributed by atoms with Crippen LogP contribution < -0.4 is 14.8 Å². The zero-order chi connectivity index (χ0) is 20.1. The highest BCUT2D eigenvalue weighted by atomic mass is 19.1. The van der Waals surface area contributed by atoms with Gasteiger partial charge in [-0.3, -0.25) is 9.48 Å². The number of benzene rings is 1. The van der Waals surface area contributed by atoms with E-state index in [0.29, 0.717) is 30.8 Å². The molecular formula is C20H25FN4O3. The van der Waals surface area contributed by atoms with Crippen molar-refractivity contribution < 1.29 is 18.7 Å². The Bertz CT molecular complexity index is 964. The molecular weight excluding hydrogens is 363 g/mol. The van der Waals surface area contributed by atoms with Crippen LogP contribution in [0.2, 0.25) is 0 Å². The Morgan fingerprint density at radius 1 is 1.32 bits per heavy atom. The Kier molecular flexibility index (Phi) is 6.18. The maximum atomic E-state index is 14.4. The quantitative estimate of drug-likeness (QED) is 0.553. The van der Waals surface area contributed by atoms with Crippen LogP contribution in [0.1, 0.15) is 24.6 Å². The lowest BCUT2D eigenvalue weighted by atomic mass is 10.1. The fourth-order valence-corrected chi connectivity index (χ4v) is 3.04. The first-order chi connectivity index (χ1) is 13.5. The summed E-state index contributed by atoms with van der Waals surface area (Å²) in [6.45, 7) is 4.75. The Morgan fingerprint density at radius 3 is 2.82 bits per heavy atom. The Hall–Kier alpha value is -3.03. The molecule has 1 amide bonds. The first kappa shape index (κ1) is 19.7. The third-order valence-electron chi connectivity index (χ3n) is 4.47. The summed E-state index contributed by atoms with van der Waals surface area (Å²) in [5.74, 6) is 0.257. The van der Waals surface area contributed by atoms with Crippen LogP contribution in [0.15, 0.2) is 24.4 Å². The van der Waals surface area contributed by atoms with E-state index in [1.807, 2.05) is 13.8 Å². The second-order valence-corrected chi connectivity index (χ2v) is 6.53. The number of carbonyl (C=O) groups excluding carboxylic acids is 1. The maximum Gasteiger partial charge on any atom is 0.232 e. The van der Waals surface area contributed by atoms with Crippen molar-refractivity contribution >= 4 is 16.8 Å². The third-order valence-corrected chi connectivity index (χ3v) is 4.47. The minimum atomic E-state index is -0.433.